The second-order valence-corrected chi connectivity index (χ2v) is 7.81. The average molecular weight is 431 g/mol. The standard InChI is InChI=1S/C24H22N4O2S/c1-4-30-24(29)20-13-25-16(3)26-22(20)27-18-11-9-17(10-12-18)21-14-31-23(28-21)19-8-6-5-7-15(19)2/h5-14H,4H2,1-3H3,(H,25,26,27). The lowest BCUT2D eigenvalue weighted by Gasteiger charge is -2.11. The molecule has 2 heterocycles. The van der Waals surface area contributed by atoms with Gasteiger partial charge in [0.15, 0.2) is 0 Å². The zero-order valence-electron chi connectivity index (χ0n) is 17.5. The number of benzene rings is 2. The second kappa shape index (κ2) is 9.06. The molecule has 0 fully saturated rings. The highest BCUT2D eigenvalue weighted by Crippen LogP contribution is 2.31. The molecule has 0 amide bonds. The van der Waals surface area contributed by atoms with Crippen LogP contribution in [0, 0.1) is 13.8 Å². The first-order chi connectivity index (χ1) is 15.0. The number of hydrogen-bond donors (Lipinski definition) is 1. The van der Waals surface area contributed by atoms with Crippen LogP contribution >= 0.6 is 11.3 Å². The SMILES string of the molecule is CCOC(=O)c1cnc(C)nc1Nc1ccc(-c2csc(-c3ccccc3C)n2)cc1. The lowest BCUT2D eigenvalue weighted by atomic mass is 10.1. The normalized spacial score (nSPS) is 10.7. The molecule has 2 aromatic carbocycles. The van der Waals surface area contributed by atoms with E-state index in [9.17, 15) is 4.79 Å². The van der Waals surface area contributed by atoms with Crippen LogP contribution in [0.3, 0.4) is 0 Å². The Balaban J connectivity index is 1.56. The van der Waals surface area contributed by atoms with Crippen molar-refractivity contribution in [2.45, 2.75) is 20.8 Å². The Morgan fingerprint density at radius 3 is 2.58 bits per heavy atom. The Labute approximate surface area is 185 Å². The van der Waals surface area contributed by atoms with Gasteiger partial charge in [0.25, 0.3) is 0 Å². The van der Waals surface area contributed by atoms with Crippen molar-refractivity contribution in [3.8, 4) is 21.8 Å². The van der Waals surface area contributed by atoms with Crippen LogP contribution in [0.25, 0.3) is 21.8 Å². The largest absolute Gasteiger partial charge is 0.462 e. The van der Waals surface area contributed by atoms with Crippen LogP contribution in [0.4, 0.5) is 11.5 Å². The monoisotopic (exact) mass is 430 g/mol. The number of nitrogens with zero attached hydrogens (tertiary/aromatic N) is 3. The van der Waals surface area contributed by atoms with Gasteiger partial charge in [0.2, 0.25) is 0 Å². The average Bonchev–Trinajstić information content (AvgIpc) is 3.25. The molecule has 0 saturated heterocycles. The molecule has 0 aliphatic rings. The highest BCUT2D eigenvalue weighted by Gasteiger charge is 2.15. The molecule has 2 aromatic heterocycles. The van der Waals surface area contributed by atoms with E-state index in [4.69, 9.17) is 9.72 Å². The lowest BCUT2D eigenvalue weighted by Crippen LogP contribution is -2.11. The first kappa shape index (κ1) is 20.7. The molecule has 156 valence electrons. The molecule has 4 rings (SSSR count). The molecule has 0 radical (unpaired) electrons. The quantitative estimate of drug-likeness (QED) is 0.389. The number of rotatable bonds is 6. The number of nitrogens with one attached hydrogen (secondary N) is 1. The molecule has 0 atom stereocenters. The maximum absolute atomic E-state index is 12.2. The molecular formula is C24H22N4O2S. The minimum Gasteiger partial charge on any atom is -0.462 e. The van der Waals surface area contributed by atoms with E-state index in [0.717, 1.165) is 27.5 Å². The Morgan fingerprint density at radius 1 is 1.06 bits per heavy atom. The molecule has 7 heteroatoms. The summed E-state index contributed by atoms with van der Waals surface area (Å²) in [5.74, 6) is 0.542. The summed E-state index contributed by atoms with van der Waals surface area (Å²) in [6, 6.07) is 16.1. The molecule has 31 heavy (non-hydrogen) atoms. The minimum absolute atomic E-state index is 0.291. The zero-order chi connectivity index (χ0) is 21.8. The molecule has 6 nitrogen and oxygen atoms in total. The van der Waals surface area contributed by atoms with E-state index in [1.165, 1.54) is 11.8 Å². The number of aromatic nitrogens is 3. The van der Waals surface area contributed by atoms with Crippen LogP contribution in [-0.2, 0) is 4.74 Å². The number of thiazole rings is 1. The van der Waals surface area contributed by atoms with Crippen LogP contribution in [0.1, 0.15) is 28.7 Å². The third kappa shape index (κ3) is 4.62. The fraction of sp³-hybridized carbons (Fsp3) is 0.167. The van der Waals surface area contributed by atoms with Gasteiger partial charge in [-0.15, -0.1) is 11.3 Å². The van der Waals surface area contributed by atoms with E-state index in [0.29, 0.717) is 23.8 Å². The van der Waals surface area contributed by atoms with Crippen molar-refractivity contribution in [2.24, 2.45) is 0 Å². The first-order valence-corrected chi connectivity index (χ1v) is 10.8. The Bertz CT molecular complexity index is 1220. The molecular weight excluding hydrogens is 408 g/mol. The summed E-state index contributed by atoms with van der Waals surface area (Å²) in [6.45, 7) is 5.93. The molecule has 0 spiro atoms. The molecule has 0 saturated carbocycles. The van der Waals surface area contributed by atoms with Gasteiger partial charge < -0.3 is 10.1 Å². The van der Waals surface area contributed by atoms with E-state index < -0.39 is 5.97 Å². The van der Waals surface area contributed by atoms with E-state index in [1.807, 2.05) is 36.4 Å². The molecule has 4 aromatic rings. The van der Waals surface area contributed by atoms with Crippen molar-refractivity contribution >= 4 is 28.8 Å². The summed E-state index contributed by atoms with van der Waals surface area (Å²) in [5, 5.41) is 6.27. The smallest absolute Gasteiger partial charge is 0.343 e. The first-order valence-electron chi connectivity index (χ1n) is 9.95. The van der Waals surface area contributed by atoms with E-state index in [-0.39, 0.29) is 0 Å². The van der Waals surface area contributed by atoms with E-state index >= 15 is 0 Å². The zero-order valence-corrected chi connectivity index (χ0v) is 18.4. The van der Waals surface area contributed by atoms with Crippen LogP contribution in [0.2, 0.25) is 0 Å². The molecule has 1 N–H and O–H groups in total. The minimum atomic E-state index is -0.451. The van der Waals surface area contributed by atoms with E-state index in [2.05, 4.69) is 39.7 Å². The number of hydrogen-bond acceptors (Lipinski definition) is 7. The maximum atomic E-state index is 12.2. The number of aryl methyl sites for hydroxylation is 2. The Morgan fingerprint density at radius 2 is 1.84 bits per heavy atom. The summed E-state index contributed by atoms with van der Waals surface area (Å²) >= 11 is 1.63. The van der Waals surface area contributed by atoms with Gasteiger partial charge in [-0.25, -0.2) is 19.7 Å². The van der Waals surface area contributed by atoms with Crippen molar-refractivity contribution in [3.05, 3.63) is 77.1 Å². The van der Waals surface area contributed by atoms with Gasteiger partial charge >= 0.3 is 5.97 Å². The van der Waals surface area contributed by atoms with Gasteiger partial charge in [0, 0.05) is 28.4 Å². The topological polar surface area (TPSA) is 77.0 Å². The summed E-state index contributed by atoms with van der Waals surface area (Å²) in [6.07, 6.45) is 1.49. The lowest BCUT2D eigenvalue weighted by molar-refractivity contribution is 0.0526. The Hall–Kier alpha value is -3.58. The van der Waals surface area contributed by atoms with Gasteiger partial charge in [-0.05, 0) is 38.5 Å². The van der Waals surface area contributed by atoms with E-state index in [1.54, 1.807) is 25.2 Å². The highest BCUT2D eigenvalue weighted by atomic mass is 32.1. The Kier molecular flexibility index (Phi) is 6.04. The summed E-state index contributed by atoms with van der Waals surface area (Å²) < 4.78 is 5.10. The van der Waals surface area contributed by atoms with Crippen LogP contribution in [-0.4, -0.2) is 27.5 Å². The fourth-order valence-electron chi connectivity index (χ4n) is 3.13. The van der Waals surface area contributed by atoms with Crippen LogP contribution < -0.4 is 5.32 Å². The predicted molar refractivity (Wildman–Crippen MR) is 124 cm³/mol. The van der Waals surface area contributed by atoms with Crippen LogP contribution in [0.15, 0.2) is 60.1 Å². The number of carbonyl (C=O) groups excluding carboxylic acids is 1. The number of esters is 1. The number of anilines is 2. The number of ether oxygens (including phenoxy) is 1. The second-order valence-electron chi connectivity index (χ2n) is 6.96. The predicted octanol–water partition coefficient (Wildman–Crippen LogP) is 5.80. The number of carbonyl (C=O) groups is 1. The summed E-state index contributed by atoms with van der Waals surface area (Å²) in [4.78, 5) is 25.5. The van der Waals surface area contributed by atoms with Gasteiger partial charge in [-0.1, -0.05) is 36.4 Å². The third-order valence-electron chi connectivity index (χ3n) is 4.73. The van der Waals surface area contributed by atoms with Crippen molar-refractivity contribution in [3.63, 3.8) is 0 Å². The fourth-order valence-corrected chi connectivity index (χ4v) is 4.05. The van der Waals surface area contributed by atoms with Crippen molar-refractivity contribution < 1.29 is 9.53 Å². The molecule has 0 aliphatic carbocycles. The summed E-state index contributed by atoms with van der Waals surface area (Å²) in [7, 11) is 0. The van der Waals surface area contributed by atoms with Crippen molar-refractivity contribution in [2.75, 3.05) is 11.9 Å². The third-order valence-corrected chi connectivity index (χ3v) is 5.60. The maximum Gasteiger partial charge on any atom is 0.343 e. The molecule has 0 aliphatic heterocycles. The summed E-state index contributed by atoms with van der Waals surface area (Å²) in [5.41, 5.74) is 5.43. The van der Waals surface area contributed by atoms with Gasteiger partial charge in [-0.3, -0.25) is 0 Å². The highest BCUT2D eigenvalue weighted by molar-refractivity contribution is 7.13. The van der Waals surface area contributed by atoms with Gasteiger partial charge in [0.05, 0.1) is 12.3 Å². The van der Waals surface area contributed by atoms with Gasteiger partial charge in [0.1, 0.15) is 22.2 Å². The van der Waals surface area contributed by atoms with Gasteiger partial charge in [-0.2, -0.15) is 0 Å². The van der Waals surface area contributed by atoms with Crippen molar-refractivity contribution in [1.82, 2.24) is 15.0 Å². The van der Waals surface area contributed by atoms with Crippen LogP contribution in [0.5, 0.6) is 0 Å². The van der Waals surface area contributed by atoms with Crippen molar-refractivity contribution in [1.29, 1.82) is 0 Å². The molecule has 0 unspecified atom stereocenters. The molecule has 0 bridgehead atoms.